The minimum atomic E-state index is -0.961. The molecule has 2 atom stereocenters. The fraction of sp³-hybridized carbons (Fsp3) is 0.533. The molecule has 2 heterocycles. The van der Waals surface area contributed by atoms with Crippen LogP contribution in [0, 0.1) is 24.7 Å². The number of aliphatic carboxylic acids is 1. The summed E-state index contributed by atoms with van der Waals surface area (Å²) in [5, 5.41) is 14.7. The quantitative estimate of drug-likeness (QED) is 0.468. The lowest BCUT2D eigenvalue weighted by Crippen LogP contribution is -2.35. The van der Waals surface area contributed by atoms with Gasteiger partial charge in [-0.15, -0.1) is 11.8 Å². The van der Waals surface area contributed by atoms with E-state index in [1.165, 1.54) is 11.8 Å². The molecular weight excluding hydrogens is 498 g/mol. The van der Waals surface area contributed by atoms with Crippen molar-refractivity contribution >= 4 is 46.2 Å². The summed E-state index contributed by atoms with van der Waals surface area (Å²) in [6.45, 7) is 6.30. The number of dihydropyridines is 1. The maximum atomic E-state index is 13.5. The van der Waals surface area contributed by atoms with Crippen LogP contribution in [0.4, 0.5) is 0 Å². The van der Waals surface area contributed by atoms with Crippen LogP contribution in [0.2, 0.25) is 0 Å². The monoisotopic (exact) mass is 536 g/mol. The van der Waals surface area contributed by atoms with E-state index in [1.807, 2.05) is 44.4 Å². The number of carbonyl (C=O) groups excluding carboxylic acids is 3. The number of hydrogen-bond donors (Lipinski definition) is 1. The molecule has 2 amide bonds. The van der Waals surface area contributed by atoms with Crippen LogP contribution in [0.1, 0.15) is 80.9 Å². The molecule has 2 aliphatic rings. The lowest BCUT2D eigenvalue weighted by atomic mass is 9.77. The van der Waals surface area contributed by atoms with Gasteiger partial charge in [0, 0.05) is 45.8 Å². The number of amides is 2. The first-order chi connectivity index (χ1) is 18.2. The number of para-hydroxylation sites is 1. The van der Waals surface area contributed by atoms with E-state index in [2.05, 4.69) is 27.9 Å². The SMILES string of the molecule is CSC1=CC(C)=NC(=O)C1CNC(=O)c1c(C)n([C@H](C)C2CCC(CCCC(=O)[O-])CC2)c2ccccc12. The van der Waals surface area contributed by atoms with Crippen LogP contribution in [0.3, 0.4) is 0 Å². The maximum Gasteiger partial charge on any atom is 0.255 e. The predicted molar refractivity (Wildman–Crippen MR) is 151 cm³/mol. The highest BCUT2D eigenvalue weighted by Gasteiger charge is 2.31. The Balaban J connectivity index is 1.49. The van der Waals surface area contributed by atoms with Gasteiger partial charge in [-0.05, 0) is 76.7 Å². The van der Waals surface area contributed by atoms with Crippen molar-refractivity contribution in [2.45, 2.75) is 71.8 Å². The van der Waals surface area contributed by atoms with Gasteiger partial charge < -0.3 is 19.8 Å². The van der Waals surface area contributed by atoms with Gasteiger partial charge in [-0.2, -0.15) is 0 Å². The van der Waals surface area contributed by atoms with Crippen molar-refractivity contribution in [2.75, 3.05) is 12.8 Å². The number of carboxylic acid groups (broad SMARTS) is 1. The van der Waals surface area contributed by atoms with Gasteiger partial charge in [0.05, 0.1) is 11.5 Å². The first-order valence-corrected chi connectivity index (χ1v) is 14.9. The molecule has 1 aromatic heterocycles. The van der Waals surface area contributed by atoms with Crippen molar-refractivity contribution in [3.8, 4) is 0 Å². The van der Waals surface area contributed by atoms with E-state index in [0.717, 1.165) is 53.6 Å². The Morgan fingerprint density at radius 1 is 1.18 bits per heavy atom. The summed E-state index contributed by atoms with van der Waals surface area (Å²) in [4.78, 5) is 41.9. The Morgan fingerprint density at radius 2 is 1.89 bits per heavy atom. The molecule has 1 N–H and O–H groups in total. The molecule has 1 aliphatic carbocycles. The molecule has 2 aromatic rings. The summed E-state index contributed by atoms with van der Waals surface area (Å²) in [6, 6.07) is 8.28. The molecule has 7 nitrogen and oxygen atoms in total. The minimum absolute atomic E-state index is 0.145. The highest BCUT2D eigenvalue weighted by atomic mass is 32.2. The second-order valence-electron chi connectivity index (χ2n) is 10.7. The summed E-state index contributed by atoms with van der Waals surface area (Å²) in [5.74, 6) is -0.714. The Hall–Kier alpha value is -2.87. The largest absolute Gasteiger partial charge is 0.550 e. The second kappa shape index (κ2) is 12.3. The number of hydrogen-bond acceptors (Lipinski definition) is 5. The number of thioether (sulfide) groups is 1. The number of aromatic nitrogens is 1. The van der Waals surface area contributed by atoms with E-state index < -0.39 is 11.9 Å². The number of carbonyl (C=O) groups is 3. The third kappa shape index (κ3) is 6.06. The maximum absolute atomic E-state index is 13.5. The Bertz CT molecular complexity index is 1270. The van der Waals surface area contributed by atoms with Crippen molar-refractivity contribution in [3.63, 3.8) is 0 Å². The van der Waals surface area contributed by atoms with Gasteiger partial charge in [0.15, 0.2) is 0 Å². The number of carboxylic acids is 1. The molecule has 1 aromatic carbocycles. The first-order valence-electron chi connectivity index (χ1n) is 13.6. The van der Waals surface area contributed by atoms with E-state index in [4.69, 9.17) is 0 Å². The van der Waals surface area contributed by atoms with E-state index in [0.29, 0.717) is 29.5 Å². The lowest BCUT2D eigenvalue weighted by Gasteiger charge is -2.34. The molecule has 1 saturated carbocycles. The number of aliphatic imine (C=N–C) groups is 1. The molecule has 1 unspecified atom stereocenters. The van der Waals surface area contributed by atoms with E-state index >= 15 is 0 Å². The molecule has 204 valence electrons. The molecule has 8 heteroatoms. The van der Waals surface area contributed by atoms with Crippen LogP contribution in [0.25, 0.3) is 10.9 Å². The van der Waals surface area contributed by atoms with E-state index in [-0.39, 0.29) is 30.8 Å². The fourth-order valence-electron chi connectivity index (χ4n) is 6.29. The summed E-state index contributed by atoms with van der Waals surface area (Å²) in [6.07, 6.45) is 10.0. The summed E-state index contributed by atoms with van der Waals surface area (Å²) in [5.41, 5.74) is 3.36. The van der Waals surface area contributed by atoms with Crippen LogP contribution >= 0.6 is 11.8 Å². The van der Waals surface area contributed by atoms with Gasteiger partial charge in [-0.25, -0.2) is 4.99 Å². The van der Waals surface area contributed by atoms with Crippen molar-refractivity contribution < 1.29 is 19.5 Å². The standard InChI is InChI=1S/C30H39N3O4S/c1-18-16-26(38-4)24(29(36)32-18)17-31-30(37)28-20(3)33(25-10-6-5-9-23(25)28)19(2)22-14-12-21(13-15-22)8-7-11-27(34)35/h5-6,9-10,16,19,21-22,24H,7-8,11-15,17H2,1-4H3,(H,31,37)(H,34,35)/p-1/t19-,21?,22?,24?/m1/s1. The predicted octanol–water partition coefficient (Wildman–Crippen LogP) is 4.83. The van der Waals surface area contributed by atoms with Crippen molar-refractivity contribution in [3.05, 3.63) is 46.5 Å². The molecular formula is C30H38N3O4S-. The number of nitrogens with one attached hydrogen (secondary N) is 1. The lowest BCUT2D eigenvalue weighted by molar-refractivity contribution is -0.305. The normalized spacial score (nSPS) is 22.6. The number of nitrogens with zero attached hydrogens (tertiary/aromatic N) is 2. The molecule has 0 saturated heterocycles. The number of rotatable bonds is 10. The molecule has 1 fully saturated rings. The molecule has 38 heavy (non-hydrogen) atoms. The van der Waals surface area contributed by atoms with Crippen LogP contribution in [-0.2, 0) is 9.59 Å². The van der Waals surface area contributed by atoms with Gasteiger partial charge in [0.25, 0.3) is 11.8 Å². The van der Waals surface area contributed by atoms with E-state index in [1.54, 1.807) is 0 Å². The summed E-state index contributed by atoms with van der Waals surface area (Å²) in [7, 11) is 0. The van der Waals surface area contributed by atoms with Gasteiger partial charge >= 0.3 is 0 Å². The first kappa shape index (κ1) is 28.1. The number of benzene rings is 1. The highest BCUT2D eigenvalue weighted by Crippen LogP contribution is 2.40. The second-order valence-corrected chi connectivity index (χ2v) is 11.6. The van der Waals surface area contributed by atoms with Crippen molar-refractivity contribution in [1.29, 1.82) is 0 Å². The van der Waals surface area contributed by atoms with Crippen LogP contribution in [0.5, 0.6) is 0 Å². The summed E-state index contributed by atoms with van der Waals surface area (Å²) >= 11 is 1.52. The number of fused-ring (bicyclic) bond motifs is 1. The average Bonchev–Trinajstić information content (AvgIpc) is 3.19. The van der Waals surface area contributed by atoms with E-state index in [9.17, 15) is 19.5 Å². The zero-order chi connectivity index (χ0) is 27.4. The topological polar surface area (TPSA) is 104 Å². The molecule has 4 rings (SSSR count). The Morgan fingerprint density at radius 3 is 2.58 bits per heavy atom. The molecule has 0 spiro atoms. The van der Waals surface area contributed by atoms with Gasteiger partial charge in [-0.3, -0.25) is 9.59 Å². The zero-order valence-corrected chi connectivity index (χ0v) is 23.6. The number of allylic oxidation sites excluding steroid dienone is 1. The van der Waals surface area contributed by atoms with Crippen LogP contribution < -0.4 is 10.4 Å². The third-order valence-electron chi connectivity index (χ3n) is 8.34. The van der Waals surface area contributed by atoms with Gasteiger partial charge in [-0.1, -0.05) is 37.5 Å². The molecule has 0 bridgehead atoms. The highest BCUT2D eigenvalue weighted by molar-refractivity contribution is 8.02. The van der Waals surface area contributed by atoms with Gasteiger partial charge in [0.2, 0.25) is 0 Å². The van der Waals surface area contributed by atoms with Crippen molar-refractivity contribution in [1.82, 2.24) is 9.88 Å². The Labute approximate surface area is 229 Å². The average molecular weight is 537 g/mol. The third-order valence-corrected chi connectivity index (χ3v) is 9.21. The zero-order valence-electron chi connectivity index (χ0n) is 22.8. The fourth-order valence-corrected chi connectivity index (χ4v) is 7.05. The molecule has 0 radical (unpaired) electrons. The molecule has 1 aliphatic heterocycles. The van der Waals surface area contributed by atoms with Crippen LogP contribution in [0.15, 0.2) is 40.2 Å². The van der Waals surface area contributed by atoms with Gasteiger partial charge in [0.1, 0.15) is 0 Å². The minimum Gasteiger partial charge on any atom is -0.550 e. The van der Waals surface area contributed by atoms with Crippen LogP contribution in [-0.4, -0.2) is 40.9 Å². The smallest absolute Gasteiger partial charge is 0.255 e. The Kier molecular flexibility index (Phi) is 9.13. The van der Waals surface area contributed by atoms with Crippen molar-refractivity contribution in [2.24, 2.45) is 22.7 Å². The summed E-state index contributed by atoms with van der Waals surface area (Å²) < 4.78 is 2.32.